The summed E-state index contributed by atoms with van der Waals surface area (Å²) in [6, 6.07) is 0. The van der Waals surface area contributed by atoms with E-state index < -0.39 is 22.2 Å². The first-order valence-corrected chi connectivity index (χ1v) is 15.2. The molecule has 6 heteroatoms. The molecule has 0 aromatic carbocycles. The summed E-state index contributed by atoms with van der Waals surface area (Å²) in [4.78, 5) is 0. The SMILES string of the molecule is CC(C)(C)[Si](C)(C)OC[C@]1(O)C=C[C@@H]2O[C@@H]2[C@H]1O[Si](C)(C)C(C)(C)C. The smallest absolute Gasteiger partial charge is 0.192 e. The predicted octanol–water partition coefficient (Wildman–Crippen LogP) is 4.47. The molecule has 0 spiro atoms. The van der Waals surface area contributed by atoms with Crippen LogP contribution in [0.1, 0.15) is 41.5 Å². The van der Waals surface area contributed by atoms with Gasteiger partial charge in [-0.15, -0.1) is 0 Å². The fourth-order valence-corrected chi connectivity index (χ4v) is 4.83. The second-order valence-corrected chi connectivity index (χ2v) is 20.3. The highest BCUT2D eigenvalue weighted by molar-refractivity contribution is 6.74. The lowest BCUT2D eigenvalue weighted by Gasteiger charge is -2.45. The van der Waals surface area contributed by atoms with Crippen molar-refractivity contribution in [1.29, 1.82) is 0 Å². The van der Waals surface area contributed by atoms with E-state index in [1.54, 1.807) is 0 Å². The maximum absolute atomic E-state index is 11.4. The van der Waals surface area contributed by atoms with Crippen LogP contribution in [0.5, 0.6) is 0 Å². The Hall–Kier alpha value is 0.0138. The second kappa shape index (κ2) is 6.28. The van der Waals surface area contributed by atoms with Gasteiger partial charge in [-0.05, 0) is 42.3 Å². The van der Waals surface area contributed by atoms with Crippen LogP contribution in [0.4, 0.5) is 0 Å². The van der Waals surface area contributed by atoms with E-state index in [9.17, 15) is 5.11 Å². The standard InChI is InChI=1S/C19H38O4Si2/c1-17(2,3)24(7,8)21-13-19(20)12-11-14-15(22-14)16(19)23-25(9,10)18(4,5)6/h11-12,14-16,20H,13H2,1-10H3/t14-,15-,16+,19+/m0/s1. The Kier molecular flexibility index (Phi) is 5.35. The van der Waals surface area contributed by atoms with Crippen molar-refractivity contribution in [1.82, 2.24) is 0 Å². The van der Waals surface area contributed by atoms with Crippen LogP contribution in [0, 0.1) is 0 Å². The van der Waals surface area contributed by atoms with Crippen LogP contribution >= 0.6 is 0 Å². The molecule has 2 rings (SSSR count). The third-order valence-corrected chi connectivity index (χ3v) is 15.6. The first kappa shape index (κ1) is 21.3. The van der Waals surface area contributed by atoms with Gasteiger partial charge in [0.2, 0.25) is 0 Å². The molecular weight excluding hydrogens is 348 g/mol. The van der Waals surface area contributed by atoms with Crippen molar-refractivity contribution in [2.75, 3.05) is 6.61 Å². The topological polar surface area (TPSA) is 51.2 Å². The zero-order valence-corrected chi connectivity index (χ0v) is 19.8. The van der Waals surface area contributed by atoms with Crippen molar-refractivity contribution >= 4 is 16.6 Å². The van der Waals surface area contributed by atoms with Gasteiger partial charge in [0.05, 0.1) is 6.61 Å². The quantitative estimate of drug-likeness (QED) is 0.430. The normalized spacial score (nSPS) is 33.3. The molecule has 0 aromatic rings. The highest BCUT2D eigenvalue weighted by Crippen LogP contribution is 2.46. The number of hydrogen-bond donors (Lipinski definition) is 1. The van der Waals surface area contributed by atoms with Gasteiger partial charge in [0, 0.05) is 0 Å². The van der Waals surface area contributed by atoms with Gasteiger partial charge in [0.1, 0.15) is 23.9 Å². The lowest BCUT2D eigenvalue weighted by molar-refractivity contribution is -0.0719. The van der Waals surface area contributed by atoms with Gasteiger partial charge in [-0.25, -0.2) is 0 Å². The van der Waals surface area contributed by atoms with Crippen molar-refractivity contribution < 1.29 is 18.7 Å². The monoisotopic (exact) mass is 386 g/mol. The average molecular weight is 387 g/mol. The van der Waals surface area contributed by atoms with E-state index >= 15 is 0 Å². The summed E-state index contributed by atoms with van der Waals surface area (Å²) in [7, 11) is -3.97. The van der Waals surface area contributed by atoms with Crippen molar-refractivity contribution in [3.05, 3.63) is 12.2 Å². The Morgan fingerprint density at radius 3 is 2.00 bits per heavy atom. The van der Waals surface area contributed by atoms with E-state index in [0.717, 1.165) is 0 Å². The minimum atomic E-state index is -2.03. The van der Waals surface area contributed by atoms with Gasteiger partial charge in [-0.1, -0.05) is 47.6 Å². The first-order chi connectivity index (χ1) is 11.0. The second-order valence-electron chi connectivity index (χ2n) is 10.8. The molecule has 0 saturated carbocycles. The van der Waals surface area contributed by atoms with E-state index in [1.165, 1.54) is 0 Å². The van der Waals surface area contributed by atoms with Gasteiger partial charge >= 0.3 is 0 Å². The molecule has 25 heavy (non-hydrogen) atoms. The number of epoxide rings is 1. The Balaban J connectivity index is 2.19. The van der Waals surface area contributed by atoms with E-state index in [1.807, 2.05) is 12.2 Å². The minimum Gasteiger partial charge on any atom is -0.413 e. The molecule has 2 aliphatic rings. The summed E-state index contributed by atoms with van der Waals surface area (Å²) in [5.74, 6) is 0. The number of hydrogen-bond acceptors (Lipinski definition) is 4. The summed E-state index contributed by atoms with van der Waals surface area (Å²) in [6.45, 7) is 22.4. The van der Waals surface area contributed by atoms with Gasteiger partial charge in [-0.2, -0.15) is 0 Å². The van der Waals surface area contributed by atoms with E-state index in [4.69, 9.17) is 13.6 Å². The van der Waals surface area contributed by atoms with Crippen molar-refractivity contribution in [3.63, 3.8) is 0 Å². The van der Waals surface area contributed by atoms with Crippen LogP contribution in [0.25, 0.3) is 0 Å². The minimum absolute atomic E-state index is 0.0489. The Morgan fingerprint density at radius 1 is 1.00 bits per heavy atom. The van der Waals surface area contributed by atoms with Crippen LogP contribution in [0.15, 0.2) is 12.2 Å². The predicted molar refractivity (Wildman–Crippen MR) is 108 cm³/mol. The summed E-state index contributed by atoms with van der Waals surface area (Å²) >= 11 is 0. The number of fused-ring (bicyclic) bond motifs is 1. The van der Waals surface area contributed by atoms with Gasteiger partial charge in [-0.3, -0.25) is 0 Å². The molecule has 1 heterocycles. The number of rotatable bonds is 5. The molecular formula is C19H38O4Si2. The van der Waals surface area contributed by atoms with Gasteiger partial charge in [0.25, 0.3) is 0 Å². The van der Waals surface area contributed by atoms with Crippen molar-refractivity contribution in [2.45, 2.75) is 102 Å². The Morgan fingerprint density at radius 2 is 1.52 bits per heavy atom. The molecule has 1 N–H and O–H groups in total. The van der Waals surface area contributed by atoms with Crippen LogP contribution in [-0.4, -0.2) is 52.3 Å². The number of aliphatic hydroxyl groups is 1. The number of ether oxygens (including phenoxy) is 1. The molecule has 0 unspecified atom stereocenters. The molecule has 1 fully saturated rings. The van der Waals surface area contributed by atoms with Gasteiger partial charge in [0.15, 0.2) is 16.6 Å². The first-order valence-electron chi connectivity index (χ1n) is 9.39. The summed E-state index contributed by atoms with van der Waals surface area (Å²) in [5, 5.41) is 11.6. The third kappa shape index (κ3) is 4.30. The van der Waals surface area contributed by atoms with Gasteiger partial charge < -0.3 is 18.7 Å². The van der Waals surface area contributed by atoms with Crippen molar-refractivity contribution in [2.24, 2.45) is 0 Å². The maximum atomic E-state index is 11.4. The molecule has 4 atom stereocenters. The fourth-order valence-electron chi connectivity index (χ4n) is 2.48. The highest BCUT2D eigenvalue weighted by Gasteiger charge is 2.58. The van der Waals surface area contributed by atoms with E-state index in [-0.39, 0.29) is 35.0 Å². The molecule has 4 nitrogen and oxygen atoms in total. The van der Waals surface area contributed by atoms with Crippen LogP contribution in [0.2, 0.25) is 36.3 Å². The molecule has 1 aliphatic heterocycles. The van der Waals surface area contributed by atoms with Crippen LogP contribution in [0.3, 0.4) is 0 Å². The average Bonchev–Trinajstić information content (AvgIpc) is 3.17. The third-order valence-electron chi connectivity index (χ3n) is 6.63. The zero-order chi connectivity index (χ0) is 19.5. The summed E-state index contributed by atoms with van der Waals surface area (Å²) in [5.41, 5.74) is -1.12. The molecule has 0 aromatic heterocycles. The highest BCUT2D eigenvalue weighted by atomic mass is 28.4. The Labute approximate surface area is 156 Å². The Bertz CT molecular complexity index is 531. The van der Waals surface area contributed by atoms with E-state index in [2.05, 4.69) is 67.7 Å². The van der Waals surface area contributed by atoms with E-state index in [0.29, 0.717) is 0 Å². The molecule has 1 aliphatic carbocycles. The largest absolute Gasteiger partial charge is 0.413 e. The molecule has 1 saturated heterocycles. The van der Waals surface area contributed by atoms with Crippen LogP contribution in [-0.2, 0) is 13.6 Å². The summed E-state index contributed by atoms with van der Waals surface area (Å²) in [6.07, 6.45) is 3.50. The molecule has 0 bridgehead atoms. The lowest BCUT2D eigenvalue weighted by atomic mass is 9.89. The fraction of sp³-hybridized carbons (Fsp3) is 0.895. The van der Waals surface area contributed by atoms with Crippen LogP contribution < -0.4 is 0 Å². The molecule has 0 amide bonds. The maximum Gasteiger partial charge on any atom is 0.192 e. The molecule has 146 valence electrons. The summed E-state index contributed by atoms with van der Waals surface area (Å²) < 4.78 is 18.7. The zero-order valence-electron chi connectivity index (χ0n) is 17.8. The lowest BCUT2D eigenvalue weighted by Crippen LogP contribution is -2.58. The van der Waals surface area contributed by atoms with Crippen molar-refractivity contribution in [3.8, 4) is 0 Å². The molecule has 0 radical (unpaired) electrons.